The maximum absolute atomic E-state index is 5.70. The Morgan fingerprint density at radius 1 is 1.25 bits per heavy atom. The summed E-state index contributed by atoms with van der Waals surface area (Å²) in [4.78, 5) is 0. The molecule has 0 aliphatic rings. The first-order valence-electron chi connectivity index (χ1n) is 8.36. The lowest BCUT2D eigenvalue weighted by atomic mass is 9.96. The van der Waals surface area contributed by atoms with Gasteiger partial charge in [0.1, 0.15) is 12.4 Å². The molecular weight excluding hydrogens is 294 g/mol. The Bertz CT molecular complexity index is 709. The van der Waals surface area contributed by atoms with Gasteiger partial charge in [0.2, 0.25) is 0 Å². The van der Waals surface area contributed by atoms with E-state index in [1.54, 1.807) is 0 Å². The first-order chi connectivity index (χ1) is 11.6. The maximum Gasteiger partial charge on any atom is 0.119 e. The SMILES string of the molecule is C#Cc1ccc(OCCNC(=C)c2cccc(C(C)CC)c2)cc1. The second kappa shape index (κ2) is 8.84. The number of terminal acetylenes is 1. The molecule has 2 heteroatoms. The Balaban J connectivity index is 1.81. The fourth-order valence-corrected chi connectivity index (χ4v) is 2.39. The lowest BCUT2D eigenvalue weighted by molar-refractivity contribution is 0.321. The third-order valence-corrected chi connectivity index (χ3v) is 4.15. The van der Waals surface area contributed by atoms with Crippen LogP contribution in [0.3, 0.4) is 0 Å². The van der Waals surface area contributed by atoms with Crippen LogP contribution >= 0.6 is 0 Å². The zero-order valence-corrected chi connectivity index (χ0v) is 14.5. The van der Waals surface area contributed by atoms with Gasteiger partial charge < -0.3 is 10.1 Å². The van der Waals surface area contributed by atoms with Gasteiger partial charge in [-0.2, -0.15) is 0 Å². The lowest BCUT2D eigenvalue weighted by Gasteiger charge is -2.14. The van der Waals surface area contributed by atoms with Crippen LogP contribution < -0.4 is 10.1 Å². The number of ether oxygens (including phenoxy) is 1. The minimum absolute atomic E-state index is 0.562. The molecule has 0 heterocycles. The van der Waals surface area contributed by atoms with E-state index < -0.39 is 0 Å². The molecule has 0 bridgehead atoms. The number of hydrogen-bond acceptors (Lipinski definition) is 2. The Morgan fingerprint density at radius 3 is 2.67 bits per heavy atom. The van der Waals surface area contributed by atoms with Crippen molar-refractivity contribution in [3.05, 3.63) is 71.8 Å². The zero-order valence-electron chi connectivity index (χ0n) is 14.5. The van der Waals surface area contributed by atoms with Gasteiger partial charge in [0.15, 0.2) is 0 Å². The van der Waals surface area contributed by atoms with Crippen LogP contribution in [0.1, 0.15) is 42.9 Å². The van der Waals surface area contributed by atoms with Gasteiger partial charge in [-0.3, -0.25) is 0 Å². The van der Waals surface area contributed by atoms with Crippen molar-refractivity contribution in [1.82, 2.24) is 5.32 Å². The minimum atomic E-state index is 0.562. The molecule has 1 unspecified atom stereocenters. The van der Waals surface area contributed by atoms with Crippen LogP contribution in [0.25, 0.3) is 5.70 Å². The summed E-state index contributed by atoms with van der Waals surface area (Å²) < 4.78 is 5.70. The van der Waals surface area contributed by atoms with Crippen molar-refractivity contribution in [2.45, 2.75) is 26.2 Å². The standard InChI is InChI=1S/C22H25NO/c1-5-17(3)20-8-7-9-21(16-20)18(4)23-14-15-24-22-12-10-19(6-2)11-13-22/h2,7-13,16-17,23H,4-5,14-15H2,1,3H3. The average molecular weight is 319 g/mol. The molecule has 24 heavy (non-hydrogen) atoms. The summed E-state index contributed by atoms with van der Waals surface area (Å²) in [5.74, 6) is 3.97. The van der Waals surface area contributed by atoms with E-state index in [9.17, 15) is 0 Å². The van der Waals surface area contributed by atoms with Crippen LogP contribution in [0.2, 0.25) is 0 Å². The van der Waals surface area contributed by atoms with Gasteiger partial charge >= 0.3 is 0 Å². The highest BCUT2D eigenvalue weighted by molar-refractivity contribution is 5.62. The van der Waals surface area contributed by atoms with E-state index in [0.717, 1.165) is 29.0 Å². The van der Waals surface area contributed by atoms with Gasteiger partial charge in [-0.05, 0) is 53.8 Å². The summed E-state index contributed by atoms with van der Waals surface area (Å²) in [6.07, 6.45) is 6.47. The Morgan fingerprint density at radius 2 is 2.00 bits per heavy atom. The molecule has 2 nitrogen and oxygen atoms in total. The summed E-state index contributed by atoms with van der Waals surface area (Å²) >= 11 is 0. The fraction of sp³-hybridized carbons (Fsp3) is 0.273. The molecule has 124 valence electrons. The summed E-state index contributed by atoms with van der Waals surface area (Å²) in [6.45, 7) is 9.85. The molecule has 0 radical (unpaired) electrons. The Labute approximate surface area is 145 Å². The molecule has 0 spiro atoms. The predicted octanol–water partition coefficient (Wildman–Crippen LogP) is 4.82. The predicted molar refractivity (Wildman–Crippen MR) is 102 cm³/mol. The van der Waals surface area contributed by atoms with Crippen LogP contribution in [0, 0.1) is 12.3 Å². The van der Waals surface area contributed by atoms with Gasteiger partial charge in [0.05, 0.1) is 0 Å². The molecule has 0 saturated carbocycles. The van der Waals surface area contributed by atoms with Crippen molar-refractivity contribution in [2.75, 3.05) is 13.2 Å². The van der Waals surface area contributed by atoms with Crippen LogP contribution in [-0.4, -0.2) is 13.2 Å². The van der Waals surface area contributed by atoms with E-state index >= 15 is 0 Å². The molecule has 0 aliphatic carbocycles. The molecule has 2 aromatic carbocycles. The van der Waals surface area contributed by atoms with Gasteiger partial charge in [-0.25, -0.2) is 0 Å². The van der Waals surface area contributed by atoms with Crippen molar-refractivity contribution in [2.24, 2.45) is 0 Å². The van der Waals surface area contributed by atoms with Gasteiger partial charge in [0.25, 0.3) is 0 Å². The molecule has 1 N–H and O–H groups in total. The highest BCUT2D eigenvalue weighted by atomic mass is 16.5. The third-order valence-electron chi connectivity index (χ3n) is 4.15. The Kier molecular flexibility index (Phi) is 6.51. The second-order valence-corrected chi connectivity index (χ2v) is 5.86. The topological polar surface area (TPSA) is 21.3 Å². The summed E-state index contributed by atoms with van der Waals surface area (Å²) in [7, 11) is 0. The molecule has 1 atom stereocenters. The number of rotatable bonds is 8. The molecule has 0 saturated heterocycles. The van der Waals surface area contributed by atoms with Crippen LogP contribution in [0.4, 0.5) is 0 Å². The Hall–Kier alpha value is -2.66. The molecule has 2 rings (SSSR count). The number of nitrogens with one attached hydrogen (secondary N) is 1. The van der Waals surface area contributed by atoms with Gasteiger partial charge in [-0.1, -0.05) is 44.5 Å². The van der Waals surface area contributed by atoms with Crippen molar-refractivity contribution in [3.8, 4) is 18.1 Å². The highest BCUT2D eigenvalue weighted by Gasteiger charge is 2.05. The molecule has 0 amide bonds. The van der Waals surface area contributed by atoms with Crippen molar-refractivity contribution in [1.29, 1.82) is 0 Å². The largest absolute Gasteiger partial charge is 0.492 e. The molecule has 2 aromatic rings. The first kappa shape index (κ1) is 17.7. The highest BCUT2D eigenvalue weighted by Crippen LogP contribution is 2.21. The minimum Gasteiger partial charge on any atom is -0.492 e. The third kappa shape index (κ3) is 4.93. The van der Waals surface area contributed by atoms with Crippen molar-refractivity contribution < 1.29 is 4.74 Å². The molecule has 0 aromatic heterocycles. The fourth-order valence-electron chi connectivity index (χ4n) is 2.39. The van der Waals surface area contributed by atoms with Crippen molar-refractivity contribution in [3.63, 3.8) is 0 Å². The van der Waals surface area contributed by atoms with Crippen molar-refractivity contribution >= 4 is 5.70 Å². The average Bonchev–Trinajstić information content (AvgIpc) is 2.65. The summed E-state index contributed by atoms with van der Waals surface area (Å²) in [6, 6.07) is 16.1. The number of hydrogen-bond donors (Lipinski definition) is 1. The van der Waals surface area contributed by atoms with E-state index in [4.69, 9.17) is 11.2 Å². The van der Waals surface area contributed by atoms with E-state index in [1.807, 2.05) is 24.3 Å². The monoisotopic (exact) mass is 319 g/mol. The quantitative estimate of drug-likeness (QED) is 0.556. The van der Waals surface area contributed by atoms with Crippen LogP contribution in [0.15, 0.2) is 55.1 Å². The normalized spacial score (nSPS) is 11.4. The molecular formula is C22H25NO. The number of benzene rings is 2. The zero-order chi connectivity index (χ0) is 17.4. The maximum atomic E-state index is 5.70. The van der Waals surface area contributed by atoms with Crippen LogP contribution in [0.5, 0.6) is 5.75 Å². The summed E-state index contributed by atoms with van der Waals surface area (Å²) in [5, 5.41) is 3.32. The van der Waals surface area contributed by atoms with E-state index in [0.29, 0.717) is 19.1 Å². The van der Waals surface area contributed by atoms with Gasteiger partial charge in [-0.15, -0.1) is 6.42 Å². The van der Waals surface area contributed by atoms with E-state index in [2.05, 4.69) is 55.9 Å². The van der Waals surface area contributed by atoms with Gasteiger partial charge in [0, 0.05) is 17.8 Å². The lowest BCUT2D eigenvalue weighted by Crippen LogP contribution is -2.19. The first-order valence-corrected chi connectivity index (χ1v) is 8.36. The molecule has 0 fully saturated rings. The van der Waals surface area contributed by atoms with E-state index in [1.165, 1.54) is 5.56 Å². The van der Waals surface area contributed by atoms with E-state index in [-0.39, 0.29) is 0 Å². The smallest absolute Gasteiger partial charge is 0.119 e. The van der Waals surface area contributed by atoms with Crippen LogP contribution in [-0.2, 0) is 0 Å². The second-order valence-electron chi connectivity index (χ2n) is 5.86. The summed E-state index contributed by atoms with van der Waals surface area (Å²) in [5.41, 5.74) is 4.26. The molecule has 0 aliphatic heterocycles.